The van der Waals surface area contributed by atoms with Crippen molar-refractivity contribution in [2.45, 2.75) is 101 Å². The van der Waals surface area contributed by atoms with Crippen LogP contribution in [0.15, 0.2) is 146 Å². The Kier molecular flexibility index (Phi) is 7.11. The van der Waals surface area contributed by atoms with Gasteiger partial charge in [0.25, 0.3) is 0 Å². The molecule has 4 aliphatic rings. The summed E-state index contributed by atoms with van der Waals surface area (Å²) in [5.74, 6) is 0. The Morgan fingerprint density at radius 1 is 0.362 bits per heavy atom. The Morgan fingerprint density at radius 2 is 0.724 bits per heavy atom. The second-order valence-electron chi connectivity index (χ2n) is 19.2. The van der Waals surface area contributed by atoms with Gasteiger partial charge < -0.3 is 9.80 Å². The van der Waals surface area contributed by atoms with Crippen LogP contribution in [0, 0.1) is 0 Å². The van der Waals surface area contributed by atoms with Crippen LogP contribution < -0.4 is 9.80 Å². The first kappa shape index (κ1) is 34.4. The molecule has 12 rings (SSSR count). The summed E-state index contributed by atoms with van der Waals surface area (Å²) in [6, 6.07) is 56.2. The number of hydrogen-bond donors (Lipinski definition) is 0. The molecule has 58 heavy (non-hydrogen) atoms. The quantitative estimate of drug-likeness (QED) is 0.165. The van der Waals surface area contributed by atoms with Gasteiger partial charge in [-0.3, -0.25) is 0 Å². The van der Waals surface area contributed by atoms with Gasteiger partial charge in [-0.2, -0.15) is 0 Å². The predicted molar refractivity (Wildman–Crippen MR) is 247 cm³/mol. The van der Waals surface area contributed by atoms with E-state index in [2.05, 4.69) is 183 Å². The first-order chi connectivity index (χ1) is 28.2. The summed E-state index contributed by atoms with van der Waals surface area (Å²) < 4.78 is 0. The number of para-hydroxylation sites is 2. The minimum Gasteiger partial charge on any atom is -0.334 e. The molecule has 8 aromatic rings. The largest absolute Gasteiger partial charge is 0.334 e. The van der Waals surface area contributed by atoms with Crippen molar-refractivity contribution in [3.05, 3.63) is 157 Å². The number of anilines is 4. The minimum atomic E-state index is 0.0522. The number of nitrogens with zero attached hydrogens (tertiary/aromatic N) is 2. The van der Waals surface area contributed by atoms with E-state index >= 15 is 0 Å². The molecule has 2 heterocycles. The molecule has 2 aliphatic heterocycles. The maximum Gasteiger partial charge on any atom is 0.0517 e. The molecule has 2 fully saturated rings. The SMILES string of the molecule is CC12CCCCC1(C)N(c1ccccc1)c1ccc(-c3cc4ccc5cc(-c6ccc7c(c6)C6(C)CCCCC6(C)N7c6ccccc6)cc6ccc(c3)c4c56)cc12. The summed E-state index contributed by atoms with van der Waals surface area (Å²) in [5.41, 5.74) is 13.9. The molecule has 0 amide bonds. The zero-order chi connectivity index (χ0) is 39.0. The van der Waals surface area contributed by atoms with E-state index in [1.165, 1.54) is 140 Å². The van der Waals surface area contributed by atoms with Crippen molar-refractivity contribution in [2.24, 2.45) is 0 Å². The normalized spacial score (nSPS) is 26.3. The maximum atomic E-state index is 2.68. The van der Waals surface area contributed by atoms with E-state index in [0.29, 0.717) is 0 Å². The van der Waals surface area contributed by atoms with Crippen molar-refractivity contribution in [2.75, 3.05) is 9.80 Å². The summed E-state index contributed by atoms with van der Waals surface area (Å²) in [6.07, 6.45) is 10.0. The fraction of sp³-hybridized carbons (Fsp3) is 0.286. The van der Waals surface area contributed by atoms with Crippen LogP contribution in [-0.4, -0.2) is 11.1 Å². The summed E-state index contributed by atoms with van der Waals surface area (Å²) in [5, 5.41) is 8.05. The summed E-state index contributed by atoms with van der Waals surface area (Å²) in [4.78, 5) is 5.35. The van der Waals surface area contributed by atoms with Gasteiger partial charge in [0, 0.05) is 33.6 Å². The van der Waals surface area contributed by atoms with Crippen LogP contribution in [0.2, 0.25) is 0 Å². The third kappa shape index (κ3) is 4.44. The Morgan fingerprint density at radius 3 is 1.10 bits per heavy atom. The number of hydrogen-bond acceptors (Lipinski definition) is 2. The monoisotopic (exact) mass is 752 g/mol. The topological polar surface area (TPSA) is 6.48 Å². The molecule has 2 aliphatic carbocycles. The van der Waals surface area contributed by atoms with E-state index in [1.54, 1.807) is 0 Å². The Labute approximate surface area is 343 Å². The fourth-order valence-corrected chi connectivity index (χ4v) is 13.0. The van der Waals surface area contributed by atoms with E-state index in [-0.39, 0.29) is 21.9 Å². The fourth-order valence-electron chi connectivity index (χ4n) is 13.0. The van der Waals surface area contributed by atoms with Crippen molar-refractivity contribution in [1.82, 2.24) is 0 Å². The van der Waals surface area contributed by atoms with Gasteiger partial charge in [-0.15, -0.1) is 0 Å². The van der Waals surface area contributed by atoms with Gasteiger partial charge >= 0.3 is 0 Å². The molecule has 4 atom stereocenters. The molecular weight excluding hydrogens is 701 g/mol. The molecule has 2 saturated carbocycles. The molecule has 2 nitrogen and oxygen atoms in total. The van der Waals surface area contributed by atoms with E-state index in [0.717, 1.165) is 0 Å². The number of benzene rings is 8. The van der Waals surface area contributed by atoms with Gasteiger partial charge in [0.05, 0.1) is 11.1 Å². The molecular formula is C56H52N2. The Balaban J connectivity index is 0.950. The molecule has 2 heteroatoms. The Bertz CT molecular complexity index is 2660. The van der Waals surface area contributed by atoms with Crippen LogP contribution in [0.3, 0.4) is 0 Å². The lowest BCUT2D eigenvalue weighted by Gasteiger charge is -2.50. The summed E-state index contributed by atoms with van der Waals surface area (Å²) in [6.45, 7) is 10.1. The molecule has 0 aromatic heterocycles. The summed E-state index contributed by atoms with van der Waals surface area (Å²) >= 11 is 0. The second-order valence-corrected chi connectivity index (χ2v) is 19.2. The van der Waals surface area contributed by atoms with E-state index in [9.17, 15) is 0 Å². The predicted octanol–water partition coefficient (Wildman–Crippen LogP) is 15.4. The lowest BCUT2D eigenvalue weighted by atomic mass is 9.61. The molecule has 4 unspecified atom stereocenters. The lowest BCUT2D eigenvalue weighted by Crippen LogP contribution is -2.54. The molecule has 8 aromatic carbocycles. The first-order valence-electron chi connectivity index (χ1n) is 21.9. The zero-order valence-electron chi connectivity index (χ0n) is 34.4. The highest BCUT2D eigenvalue weighted by molar-refractivity contribution is 6.24. The van der Waals surface area contributed by atoms with Gasteiger partial charge in [-0.05, 0) is 178 Å². The van der Waals surface area contributed by atoms with Gasteiger partial charge in [0.1, 0.15) is 0 Å². The average molecular weight is 753 g/mol. The van der Waals surface area contributed by atoms with Crippen molar-refractivity contribution in [3.63, 3.8) is 0 Å². The number of rotatable bonds is 4. The van der Waals surface area contributed by atoms with E-state index in [1.807, 2.05) is 0 Å². The van der Waals surface area contributed by atoms with Crippen LogP contribution in [0.4, 0.5) is 22.7 Å². The van der Waals surface area contributed by atoms with Gasteiger partial charge in [-0.1, -0.05) is 112 Å². The highest BCUT2D eigenvalue weighted by Gasteiger charge is 2.59. The summed E-state index contributed by atoms with van der Waals surface area (Å²) in [7, 11) is 0. The van der Waals surface area contributed by atoms with Crippen molar-refractivity contribution >= 4 is 55.1 Å². The van der Waals surface area contributed by atoms with Gasteiger partial charge in [0.2, 0.25) is 0 Å². The first-order valence-corrected chi connectivity index (χ1v) is 21.9. The maximum absolute atomic E-state index is 2.68. The zero-order valence-corrected chi connectivity index (χ0v) is 34.4. The van der Waals surface area contributed by atoms with Crippen molar-refractivity contribution in [1.29, 1.82) is 0 Å². The van der Waals surface area contributed by atoms with Crippen LogP contribution in [0.25, 0.3) is 54.6 Å². The lowest BCUT2D eigenvalue weighted by molar-refractivity contribution is 0.195. The molecule has 0 radical (unpaired) electrons. The smallest absolute Gasteiger partial charge is 0.0517 e. The van der Waals surface area contributed by atoms with Gasteiger partial charge in [0.15, 0.2) is 0 Å². The molecule has 0 saturated heterocycles. The molecule has 0 N–H and O–H groups in total. The molecule has 0 spiro atoms. The van der Waals surface area contributed by atoms with E-state index < -0.39 is 0 Å². The highest BCUT2D eigenvalue weighted by atomic mass is 15.3. The van der Waals surface area contributed by atoms with Gasteiger partial charge in [-0.25, -0.2) is 0 Å². The third-order valence-electron chi connectivity index (χ3n) is 16.4. The van der Waals surface area contributed by atoms with Crippen LogP contribution >= 0.6 is 0 Å². The molecule has 0 bridgehead atoms. The Hall–Kier alpha value is -5.60. The third-order valence-corrected chi connectivity index (χ3v) is 16.4. The van der Waals surface area contributed by atoms with Crippen molar-refractivity contribution < 1.29 is 0 Å². The number of fused-ring (bicyclic) bond motifs is 6. The highest BCUT2D eigenvalue weighted by Crippen LogP contribution is 2.63. The van der Waals surface area contributed by atoms with Crippen LogP contribution in [0.5, 0.6) is 0 Å². The van der Waals surface area contributed by atoms with Crippen LogP contribution in [-0.2, 0) is 10.8 Å². The minimum absolute atomic E-state index is 0.0522. The van der Waals surface area contributed by atoms with Crippen LogP contribution in [0.1, 0.15) is 90.2 Å². The average Bonchev–Trinajstić information content (AvgIpc) is 3.60. The second kappa shape index (κ2) is 12.0. The standard InChI is InChI=1S/C56H52N2/c1-53-27-11-13-29-55(53,3)57(45-15-7-5-8-16-45)49-25-23-37(35-47(49)53)43-31-39-19-21-41-33-44(34-42-22-20-40(32-43)51(39)52(41)42)38-24-26-50-48(36-38)54(2)28-12-14-30-56(54,4)58(50)46-17-9-6-10-18-46/h5-10,15-26,31-36H,11-14,27-30H2,1-4H3. The van der Waals surface area contributed by atoms with E-state index in [4.69, 9.17) is 0 Å². The van der Waals surface area contributed by atoms with Crippen molar-refractivity contribution in [3.8, 4) is 22.3 Å². The molecule has 286 valence electrons.